The van der Waals surface area contributed by atoms with Crippen LogP contribution in [0.25, 0.3) is 0 Å². The number of amides is 8. The molecule has 2 aliphatic heterocycles. The molecule has 5 rings (SSSR count). The molecule has 18 nitrogen and oxygen atoms in total. The number of likely N-dealkylation sites (tertiary alicyclic amines) is 2. The van der Waals surface area contributed by atoms with Gasteiger partial charge in [0.05, 0.1) is 18.1 Å². The minimum Gasteiger partial charge on any atom is -0.352 e. The second-order valence-corrected chi connectivity index (χ2v) is 22.0. The van der Waals surface area contributed by atoms with Crippen LogP contribution >= 0.6 is 0 Å². The lowest BCUT2D eigenvalue weighted by Crippen LogP contribution is -2.60. The fourth-order valence-electron chi connectivity index (χ4n) is 9.59. The molecule has 2 aromatic rings. The summed E-state index contributed by atoms with van der Waals surface area (Å²) < 4.78 is 0. The number of benzene rings is 2. The highest BCUT2D eigenvalue weighted by molar-refractivity contribution is 6.00. The summed E-state index contributed by atoms with van der Waals surface area (Å²) in [7, 11) is 3.32. The molecule has 8 amide bonds. The van der Waals surface area contributed by atoms with Crippen LogP contribution in [0.4, 0.5) is 0 Å². The predicted octanol–water partition coefficient (Wildman–Crippen LogP) is 3.25. The molecule has 2 aromatic carbocycles. The zero-order valence-corrected chi connectivity index (χ0v) is 44.3. The van der Waals surface area contributed by atoms with Gasteiger partial charge in [0.1, 0.15) is 24.2 Å². The van der Waals surface area contributed by atoms with Crippen molar-refractivity contribution < 1.29 is 38.4 Å². The molecule has 2 fully saturated rings. The summed E-state index contributed by atoms with van der Waals surface area (Å²) in [4.78, 5) is 113. The number of hydrogen-bond donors (Lipinski definition) is 8. The molecule has 2 saturated heterocycles. The predicted molar refractivity (Wildman–Crippen MR) is 276 cm³/mol. The number of aryl methyl sites for hydroxylation is 1. The summed E-state index contributed by atoms with van der Waals surface area (Å²) in [6.45, 7) is 16.0. The lowest BCUT2D eigenvalue weighted by atomic mass is 9.85. The highest BCUT2D eigenvalue weighted by Gasteiger charge is 2.46. The van der Waals surface area contributed by atoms with Crippen LogP contribution in [0.15, 0.2) is 48.5 Å². The van der Waals surface area contributed by atoms with Crippen molar-refractivity contribution in [1.82, 2.24) is 52.3 Å². The maximum absolute atomic E-state index is 14.6. The Balaban J connectivity index is 1.23. The third-order valence-corrected chi connectivity index (χ3v) is 14.2. The van der Waals surface area contributed by atoms with E-state index in [0.29, 0.717) is 32.4 Å². The highest BCUT2D eigenvalue weighted by Crippen LogP contribution is 2.32. The first kappa shape index (κ1) is 57.0. The van der Waals surface area contributed by atoms with Gasteiger partial charge in [-0.2, -0.15) is 0 Å². The molecule has 8 N–H and O–H groups in total. The normalized spacial score (nSPS) is 20.1. The van der Waals surface area contributed by atoms with Crippen molar-refractivity contribution in [2.24, 2.45) is 10.8 Å². The van der Waals surface area contributed by atoms with Crippen molar-refractivity contribution >= 4 is 47.3 Å². The Bertz CT molecular complexity index is 2250. The van der Waals surface area contributed by atoms with Crippen LogP contribution in [0.1, 0.15) is 151 Å². The van der Waals surface area contributed by atoms with Crippen LogP contribution in [-0.2, 0) is 35.2 Å². The van der Waals surface area contributed by atoms with Gasteiger partial charge in [-0.25, -0.2) is 0 Å². The third kappa shape index (κ3) is 15.3. The molecule has 396 valence electrons. The van der Waals surface area contributed by atoms with Crippen LogP contribution in [0, 0.1) is 10.8 Å². The molecule has 0 spiro atoms. The Morgan fingerprint density at radius 1 is 0.667 bits per heavy atom. The number of piperidine rings is 1. The summed E-state index contributed by atoms with van der Waals surface area (Å²) in [5.41, 5.74) is 1.33. The van der Waals surface area contributed by atoms with Gasteiger partial charge in [-0.3, -0.25) is 38.4 Å². The SMILES string of the molecule is CN[C@@H](C)C(=O)NC(C(=O)N[C@@H](CCCCNC(=O)c1cccc(C(=O)N[C@H]2C[C@@H](C(=O)N[C@@H]3CCCc4ccccc43)N(C(=O)C(NC(=O)[C@H](C)NC)C(C)(C)C)C2)c1)C(=O)N1CCCCC1)C(C)(C)C. The Labute approximate surface area is 426 Å². The molecule has 3 aliphatic rings. The Hall–Kier alpha value is -5.88. The van der Waals surface area contributed by atoms with Gasteiger partial charge in [0.15, 0.2) is 0 Å². The number of carbonyl (C=O) groups is 8. The number of carbonyl (C=O) groups excluding carboxylic acids is 8. The van der Waals surface area contributed by atoms with Crippen LogP contribution in [0.2, 0.25) is 0 Å². The fraction of sp³-hybridized carbons (Fsp3) is 0.630. The molecule has 1 aliphatic carbocycles. The van der Waals surface area contributed by atoms with Crippen molar-refractivity contribution in [2.75, 3.05) is 40.3 Å². The summed E-state index contributed by atoms with van der Waals surface area (Å²) in [6, 6.07) is 8.74. The Morgan fingerprint density at radius 2 is 1.28 bits per heavy atom. The zero-order valence-electron chi connectivity index (χ0n) is 44.3. The van der Waals surface area contributed by atoms with Gasteiger partial charge in [0.25, 0.3) is 11.8 Å². The summed E-state index contributed by atoms with van der Waals surface area (Å²) in [5, 5.41) is 23.7. The maximum atomic E-state index is 14.6. The van der Waals surface area contributed by atoms with Crippen LogP contribution in [0.3, 0.4) is 0 Å². The molecule has 0 aromatic heterocycles. The molecular weight excluding hydrogens is 917 g/mol. The van der Waals surface area contributed by atoms with E-state index in [-0.39, 0.29) is 60.3 Å². The quantitative estimate of drug-likeness (QED) is 0.0902. The number of rotatable bonds is 20. The van der Waals surface area contributed by atoms with Crippen molar-refractivity contribution in [2.45, 2.75) is 168 Å². The molecular formula is C54H82N10O8. The molecule has 72 heavy (non-hydrogen) atoms. The van der Waals surface area contributed by atoms with E-state index >= 15 is 0 Å². The van der Waals surface area contributed by atoms with Gasteiger partial charge in [0.2, 0.25) is 35.4 Å². The monoisotopic (exact) mass is 999 g/mol. The van der Waals surface area contributed by atoms with Crippen LogP contribution < -0.4 is 42.5 Å². The number of fused-ring (bicyclic) bond motifs is 1. The third-order valence-electron chi connectivity index (χ3n) is 14.2. The molecule has 18 heteroatoms. The number of nitrogens with one attached hydrogen (secondary N) is 8. The van der Waals surface area contributed by atoms with Gasteiger partial charge in [0, 0.05) is 43.3 Å². The van der Waals surface area contributed by atoms with E-state index in [1.165, 1.54) is 16.5 Å². The van der Waals surface area contributed by atoms with Crippen molar-refractivity contribution in [3.8, 4) is 0 Å². The molecule has 0 bridgehead atoms. The van der Waals surface area contributed by atoms with Crippen molar-refractivity contribution in [3.63, 3.8) is 0 Å². The highest BCUT2D eigenvalue weighted by atomic mass is 16.2. The number of hydrogen-bond acceptors (Lipinski definition) is 10. The van der Waals surface area contributed by atoms with E-state index < -0.39 is 76.8 Å². The van der Waals surface area contributed by atoms with Gasteiger partial charge < -0.3 is 52.3 Å². The lowest BCUT2D eigenvalue weighted by Gasteiger charge is -2.36. The van der Waals surface area contributed by atoms with Crippen molar-refractivity contribution in [1.29, 1.82) is 0 Å². The number of likely N-dealkylation sites (N-methyl/N-ethyl adjacent to an activating group) is 2. The van der Waals surface area contributed by atoms with Gasteiger partial charge >= 0.3 is 0 Å². The number of unbranched alkanes of at least 4 members (excludes halogenated alkanes) is 1. The van der Waals surface area contributed by atoms with Gasteiger partial charge in [-0.15, -0.1) is 0 Å². The second-order valence-electron chi connectivity index (χ2n) is 22.0. The van der Waals surface area contributed by atoms with Crippen molar-refractivity contribution in [3.05, 3.63) is 70.8 Å². The van der Waals surface area contributed by atoms with Crippen LogP contribution in [-0.4, -0.2) is 140 Å². The molecule has 2 heterocycles. The minimum absolute atomic E-state index is 0.0198. The summed E-state index contributed by atoms with van der Waals surface area (Å²) >= 11 is 0. The first-order valence-electron chi connectivity index (χ1n) is 26.0. The Kier molecular flexibility index (Phi) is 20.3. The summed E-state index contributed by atoms with van der Waals surface area (Å²) in [5.74, 6) is -2.94. The Morgan fingerprint density at radius 3 is 1.90 bits per heavy atom. The van der Waals surface area contributed by atoms with E-state index in [0.717, 1.165) is 44.1 Å². The average molecular weight is 999 g/mol. The summed E-state index contributed by atoms with van der Waals surface area (Å²) in [6.07, 6.45) is 6.82. The molecule has 0 radical (unpaired) electrons. The van der Waals surface area contributed by atoms with Gasteiger partial charge in [-0.1, -0.05) is 71.9 Å². The topological polar surface area (TPSA) is 239 Å². The van der Waals surface area contributed by atoms with E-state index in [9.17, 15) is 38.4 Å². The smallest absolute Gasteiger partial charge is 0.251 e. The minimum atomic E-state index is -0.973. The first-order valence-corrected chi connectivity index (χ1v) is 26.0. The fourth-order valence-corrected chi connectivity index (χ4v) is 9.59. The molecule has 8 atom stereocenters. The first-order chi connectivity index (χ1) is 34.0. The van der Waals surface area contributed by atoms with E-state index in [2.05, 4.69) is 48.6 Å². The molecule has 0 saturated carbocycles. The van der Waals surface area contributed by atoms with E-state index in [4.69, 9.17) is 0 Å². The standard InChI is InChI=1S/C54H82N10O8/c1-33(55-9)45(65)61-43(53(3,4)5)50(70)60-41(51(71)63-28-16-11-17-29-63)25-14-15-27-57-47(67)36-22-18-23-37(30-36)48(68)58-38-31-42(49(69)59-40-26-19-21-35-20-12-13-24-39(35)40)64(32-38)52(72)44(54(6,7)8)62-46(66)34(2)56-10/h12-13,18,20,22-24,30,33-34,38,40-44,55-56H,11,14-17,19,21,25-29,31-32H2,1-10H3,(H,57,67)(H,58,68)(H,59,69)(H,60,70)(H,61,65)(H,62,66)/t33-,34-,38-,40+,41-,42-,43?,44?/m0/s1. The van der Waals surface area contributed by atoms with Crippen LogP contribution in [0.5, 0.6) is 0 Å². The molecule has 2 unspecified atom stereocenters. The van der Waals surface area contributed by atoms with Gasteiger partial charge in [-0.05, 0) is 132 Å². The second kappa shape index (κ2) is 25.7. The zero-order chi connectivity index (χ0) is 52.9. The lowest BCUT2D eigenvalue weighted by molar-refractivity contribution is -0.144. The van der Waals surface area contributed by atoms with E-state index in [1.807, 2.05) is 59.7 Å². The average Bonchev–Trinajstić information content (AvgIpc) is 3.79. The van der Waals surface area contributed by atoms with E-state index in [1.54, 1.807) is 51.0 Å². The maximum Gasteiger partial charge on any atom is 0.251 e. The number of nitrogens with zero attached hydrogens (tertiary/aromatic N) is 2. The largest absolute Gasteiger partial charge is 0.352 e.